The molecule has 0 saturated carbocycles. The standard InChI is InChI=1S/C27H29N3O9S/c28-14-21(40(35,36)29-15-23-24(31)25(32)26(33)27(34)39-23)13-20-5-6-22(38-20)18-2-1-17-12-19(4-3-16(17)11-18)30-7-9-37-10-8-30/h1-6,11-13,23-27,29,31-34H,7-10,15H2/b21-13+/t23-,24-,25+,26-,27?/m1/s1. The Balaban J connectivity index is 1.29. The number of nitrogens with zero attached hydrogens (tertiary/aromatic N) is 2. The summed E-state index contributed by atoms with van der Waals surface area (Å²) in [6, 6.07) is 16.9. The van der Waals surface area contributed by atoms with E-state index in [2.05, 4.69) is 21.8 Å². The Labute approximate surface area is 230 Å². The molecule has 3 aromatic rings. The van der Waals surface area contributed by atoms with Crippen molar-refractivity contribution in [2.24, 2.45) is 0 Å². The van der Waals surface area contributed by atoms with Crippen LogP contribution in [0.1, 0.15) is 5.76 Å². The number of furan rings is 1. The Morgan fingerprint density at radius 3 is 2.48 bits per heavy atom. The molecule has 5 N–H and O–H groups in total. The molecule has 2 fully saturated rings. The maximum atomic E-state index is 12.7. The number of nitrogens with one attached hydrogen (secondary N) is 1. The average Bonchev–Trinajstić information content (AvgIpc) is 3.44. The van der Waals surface area contributed by atoms with Crippen molar-refractivity contribution in [2.75, 3.05) is 37.7 Å². The van der Waals surface area contributed by atoms with Crippen LogP contribution in [0.4, 0.5) is 5.69 Å². The smallest absolute Gasteiger partial charge is 0.250 e. The van der Waals surface area contributed by atoms with Crippen molar-refractivity contribution in [3.8, 4) is 17.4 Å². The molecule has 40 heavy (non-hydrogen) atoms. The molecular weight excluding hydrogens is 542 g/mol. The van der Waals surface area contributed by atoms with Crippen molar-refractivity contribution in [2.45, 2.75) is 30.7 Å². The molecule has 2 aromatic carbocycles. The van der Waals surface area contributed by atoms with Gasteiger partial charge in [0.15, 0.2) is 11.2 Å². The van der Waals surface area contributed by atoms with Gasteiger partial charge in [-0.05, 0) is 41.1 Å². The maximum Gasteiger partial charge on any atom is 0.250 e. The topological polar surface area (TPSA) is 186 Å². The first kappa shape index (κ1) is 28.2. The van der Waals surface area contributed by atoms with Gasteiger partial charge in [-0.3, -0.25) is 0 Å². The summed E-state index contributed by atoms with van der Waals surface area (Å²) in [6.07, 6.45) is -7.28. The van der Waals surface area contributed by atoms with Crippen LogP contribution in [-0.4, -0.2) is 92.4 Å². The molecule has 212 valence electrons. The van der Waals surface area contributed by atoms with Crippen molar-refractivity contribution in [3.63, 3.8) is 0 Å². The predicted octanol–water partition coefficient (Wildman–Crippen LogP) is 0.520. The van der Waals surface area contributed by atoms with E-state index in [9.17, 15) is 34.1 Å². The molecule has 13 heteroatoms. The Hall–Kier alpha value is -3.32. The molecule has 2 saturated heterocycles. The third kappa shape index (κ3) is 5.90. The fourth-order valence-corrected chi connectivity index (χ4v) is 5.59. The van der Waals surface area contributed by atoms with Crippen LogP contribution in [0, 0.1) is 11.3 Å². The monoisotopic (exact) mass is 571 g/mol. The van der Waals surface area contributed by atoms with Gasteiger partial charge in [0.05, 0.1) is 13.2 Å². The summed E-state index contributed by atoms with van der Waals surface area (Å²) in [5, 5.41) is 50.6. The van der Waals surface area contributed by atoms with Crippen LogP contribution in [0.2, 0.25) is 0 Å². The number of rotatable bonds is 7. The minimum Gasteiger partial charge on any atom is -0.457 e. The number of fused-ring (bicyclic) bond motifs is 1. The minimum atomic E-state index is -4.38. The zero-order chi connectivity index (χ0) is 28.4. The van der Waals surface area contributed by atoms with Gasteiger partial charge in [0.2, 0.25) is 0 Å². The minimum absolute atomic E-state index is 0.127. The highest BCUT2D eigenvalue weighted by Crippen LogP contribution is 2.30. The maximum absolute atomic E-state index is 12.7. The molecule has 1 unspecified atom stereocenters. The van der Waals surface area contributed by atoms with Gasteiger partial charge in [0.1, 0.15) is 42.0 Å². The molecule has 2 aliphatic rings. The summed E-state index contributed by atoms with van der Waals surface area (Å²) in [4.78, 5) is 1.62. The van der Waals surface area contributed by atoms with E-state index in [1.807, 2.05) is 24.3 Å². The molecule has 0 bridgehead atoms. The second-order valence-electron chi connectivity index (χ2n) is 9.56. The van der Waals surface area contributed by atoms with Crippen molar-refractivity contribution >= 4 is 32.6 Å². The van der Waals surface area contributed by atoms with E-state index < -0.39 is 52.2 Å². The molecular formula is C27H29N3O9S. The van der Waals surface area contributed by atoms with Crippen molar-refractivity contribution < 1.29 is 42.7 Å². The number of benzene rings is 2. The van der Waals surface area contributed by atoms with Crippen LogP contribution >= 0.6 is 0 Å². The lowest BCUT2D eigenvalue weighted by atomic mass is 9.99. The molecule has 0 aliphatic carbocycles. The van der Waals surface area contributed by atoms with Crippen LogP contribution in [0.5, 0.6) is 0 Å². The number of ether oxygens (including phenoxy) is 2. The number of sulfonamides is 1. The Kier molecular flexibility index (Phi) is 8.22. The van der Waals surface area contributed by atoms with Gasteiger partial charge in [-0.15, -0.1) is 0 Å². The highest BCUT2D eigenvalue weighted by atomic mass is 32.2. The summed E-state index contributed by atoms with van der Waals surface area (Å²) in [6.45, 7) is 2.52. The quantitative estimate of drug-likeness (QED) is 0.249. The van der Waals surface area contributed by atoms with Crippen LogP contribution in [-0.2, 0) is 19.5 Å². The zero-order valence-corrected chi connectivity index (χ0v) is 22.1. The molecule has 2 aliphatic heterocycles. The fourth-order valence-electron chi connectivity index (χ4n) is 4.66. The van der Waals surface area contributed by atoms with E-state index in [1.54, 1.807) is 12.1 Å². The van der Waals surface area contributed by atoms with Gasteiger partial charge in [-0.25, -0.2) is 13.1 Å². The van der Waals surface area contributed by atoms with Crippen LogP contribution in [0.15, 0.2) is 57.9 Å². The number of hydrogen-bond donors (Lipinski definition) is 5. The van der Waals surface area contributed by atoms with E-state index in [4.69, 9.17) is 13.9 Å². The number of nitriles is 1. The van der Waals surface area contributed by atoms with E-state index in [1.165, 1.54) is 6.07 Å². The predicted molar refractivity (Wildman–Crippen MR) is 144 cm³/mol. The van der Waals surface area contributed by atoms with Crippen LogP contribution in [0.25, 0.3) is 28.2 Å². The third-order valence-corrected chi connectivity index (χ3v) is 8.28. The first-order valence-corrected chi connectivity index (χ1v) is 14.1. The lowest BCUT2D eigenvalue weighted by Crippen LogP contribution is -2.59. The molecule has 1 aromatic heterocycles. The molecule has 0 amide bonds. The van der Waals surface area contributed by atoms with Gasteiger partial charge in [0, 0.05) is 37.0 Å². The highest BCUT2D eigenvalue weighted by molar-refractivity contribution is 7.93. The summed E-state index contributed by atoms with van der Waals surface area (Å²) < 4.78 is 43.8. The first-order chi connectivity index (χ1) is 19.2. The number of aliphatic hydroxyl groups is 4. The second-order valence-corrected chi connectivity index (χ2v) is 11.3. The molecule has 12 nitrogen and oxygen atoms in total. The van der Waals surface area contributed by atoms with Gasteiger partial charge >= 0.3 is 0 Å². The molecule has 3 heterocycles. The zero-order valence-electron chi connectivity index (χ0n) is 21.3. The Morgan fingerprint density at radius 2 is 1.73 bits per heavy atom. The van der Waals surface area contributed by atoms with E-state index in [0.29, 0.717) is 19.0 Å². The SMILES string of the molecule is N#C/C(=C\c1ccc(-c2ccc3cc(N4CCOCC4)ccc3c2)o1)S(=O)(=O)NC[C@H]1OC(O)[C@H](O)[C@@H](O)[C@@H]1O. The number of allylic oxidation sites excluding steroid dienone is 1. The summed E-state index contributed by atoms with van der Waals surface area (Å²) in [7, 11) is -4.38. The highest BCUT2D eigenvalue weighted by Gasteiger charge is 2.43. The summed E-state index contributed by atoms with van der Waals surface area (Å²) >= 11 is 0. The van der Waals surface area contributed by atoms with E-state index in [-0.39, 0.29) is 5.76 Å². The molecule has 5 rings (SSSR count). The summed E-state index contributed by atoms with van der Waals surface area (Å²) in [5.74, 6) is 0.607. The average molecular weight is 572 g/mol. The molecule has 5 atom stereocenters. The number of morpholine rings is 1. The first-order valence-electron chi connectivity index (χ1n) is 12.6. The van der Waals surface area contributed by atoms with Crippen molar-refractivity contribution in [1.29, 1.82) is 5.26 Å². The Bertz CT molecular complexity index is 1540. The second kappa shape index (κ2) is 11.7. The lowest BCUT2D eigenvalue weighted by Gasteiger charge is -2.38. The van der Waals surface area contributed by atoms with Crippen molar-refractivity contribution in [1.82, 2.24) is 4.72 Å². The van der Waals surface area contributed by atoms with E-state index >= 15 is 0 Å². The van der Waals surface area contributed by atoms with Crippen molar-refractivity contribution in [3.05, 3.63) is 59.2 Å². The number of aliphatic hydroxyl groups excluding tert-OH is 4. The lowest BCUT2D eigenvalue weighted by molar-refractivity contribution is -0.279. The number of hydrogen-bond acceptors (Lipinski definition) is 11. The summed E-state index contributed by atoms with van der Waals surface area (Å²) in [5.41, 5.74) is 1.90. The molecule has 0 spiro atoms. The van der Waals surface area contributed by atoms with Gasteiger partial charge in [-0.1, -0.05) is 18.2 Å². The normalized spacial score (nSPS) is 26.1. The van der Waals surface area contributed by atoms with Crippen LogP contribution < -0.4 is 9.62 Å². The van der Waals surface area contributed by atoms with Gasteiger partial charge < -0.3 is 39.2 Å². The largest absolute Gasteiger partial charge is 0.457 e. The Morgan fingerprint density at radius 1 is 1.00 bits per heavy atom. The molecule has 0 radical (unpaired) electrons. The van der Waals surface area contributed by atoms with E-state index in [0.717, 1.165) is 41.2 Å². The number of anilines is 1. The van der Waals surface area contributed by atoms with Gasteiger partial charge in [-0.2, -0.15) is 5.26 Å². The van der Waals surface area contributed by atoms with Crippen LogP contribution in [0.3, 0.4) is 0 Å². The fraction of sp³-hybridized carbons (Fsp3) is 0.370. The third-order valence-electron chi connectivity index (χ3n) is 6.95. The van der Waals surface area contributed by atoms with Gasteiger partial charge in [0.25, 0.3) is 10.0 Å².